The average Bonchev–Trinajstić information content (AvgIpc) is 2.60. The summed E-state index contributed by atoms with van der Waals surface area (Å²) in [7, 11) is 0. The number of nitrogens with one attached hydrogen (secondary N) is 1. The summed E-state index contributed by atoms with van der Waals surface area (Å²) in [6, 6.07) is 0. The molecular weight excluding hydrogens is 154 g/mol. The van der Waals surface area contributed by atoms with E-state index in [2.05, 4.69) is 9.97 Å². The molecule has 0 bridgehead atoms. The SMILES string of the molecule is NCC(=O)c1nc2c([nH]1)CCC2. The molecule has 1 heterocycles. The van der Waals surface area contributed by atoms with Crippen molar-refractivity contribution >= 4 is 5.78 Å². The molecule has 1 aromatic rings. The third-order valence-corrected chi connectivity index (χ3v) is 2.15. The Morgan fingerprint density at radius 3 is 3.08 bits per heavy atom. The number of rotatable bonds is 2. The monoisotopic (exact) mass is 165 g/mol. The van der Waals surface area contributed by atoms with E-state index in [1.54, 1.807) is 0 Å². The van der Waals surface area contributed by atoms with Crippen molar-refractivity contribution in [2.45, 2.75) is 19.3 Å². The van der Waals surface area contributed by atoms with E-state index in [9.17, 15) is 4.79 Å². The summed E-state index contributed by atoms with van der Waals surface area (Å²) in [6.07, 6.45) is 3.15. The highest BCUT2D eigenvalue weighted by Gasteiger charge is 2.18. The first-order valence-corrected chi connectivity index (χ1v) is 4.12. The van der Waals surface area contributed by atoms with Crippen molar-refractivity contribution in [1.82, 2.24) is 9.97 Å². The van der Waals surface area contributed by atoms with Crippen LogP contribution in [0.2, 0.25) is 0 Å². The second-order valence-electron chi connectivity index (χ2n) is 2.99. The number of carbonyl (C=O) groups excluding carboxylic acids is 1. The van der Waals surface area contributed by atoms with Gasteiger partial charge in [0.15, 0.2) is 5.82 Å². The van der Waals surface area contributed by atoms with Gasteiger partial charge in [-0.3, -0.25) is 4.79 Å². The predicted molar refractivity (Wildman–Crippen MR) is 44.0 cm³/mol. The van der Waals surface area contributed by atoms with E-state index in [0.717, 1.165) is 30.7 Å². The van der Waals surface area contributed by atoms with Gasteiger partial charge in [0.2, 0.25) is 5.78 Å². The molecule has 0 aromatic carbocycles. The number of hydrogen-bond acceptors (Lipinski definition) is 3. The fourth-order valence-corrected chi connectivity index (χ4v) is 1.52. The van der Waals surface area contributed by atoms with E-state index >= 15 is 0 Å². The van der Waals surface area contributed by atoms with Gasteiger partial charge in [-0.25, -0.2) is 4.98 Å². The summed E-state index contributed by atoms with van der Waals surface area (Å²) in [5.74, 6) is 0.326. The first-order valence-electron chi connectivity index (χ1n) is 4.12. The van der Waals surface area contributed by atoms with E-state index < -0.39 is 0 Å². The van der Waals surface area contributed by atoms with Gasteiger partial charge in [-0.05, 0) is 19.3 Å². The van der Waals surface area contributed by atoms with Crippen molar-refractivity contribution in [1.29, 1.82) is 0 Å². The maximum Gasteiger partial charge on any atom is 0.211 e. The zero-order valence-corrected chi connectivity index (χ0v) is 6.76. The zero-order chi connectivity index (χ0) is 8.55. The van der Waals surface area contributed by atoms with Crippen LogP contribution in [0.1, 0.15) is 28.4 Å². The van der Waals surface area contributed by atoms with Crippen LogP contribution in [0.15, 0.2) is 0 Å². The number of nitrogens with zero attached hydrogens (tertiary/aromatic N) is 1. The van der Waals surface area contributed by atoms with Crippen molar-refractivity contribution in [3.63, 3.8) is 0 Å². The Hall–Kier alpha value is -1.16. The molecule has 1 aliphatic rings. The van der Waals surface area contributed by atoms with Crippen LogP contribution in [-0.2, 0) is 12.8 Å². The Balaban J connectivity index is 2.31. The highest BCUT2D eigenvalue weighted by molar-refractivity contribution is 5.94. The Morgan fingerprint density at radius 1 is 1.58 bits per heavy atom. The Labute approximate surface area is 70.2 Å². The van der Waals surface area contributed by atoms with Gasteiger partial charge in [0.25, 0.3) is 0 Å². The van der Waals surface area contributed by atoms with Crippen molar-refractivity contribution in [2.75, 3.05) is 6.54 Å². The minimum atomic E-state index is -0.107. The summed E-state index contributed by atoms with van der Waals surface area (Å²) >= 11 is 0. The number of aryl methyl sites for hydroxylation is 2. The number of nitrogens with two attached hydrogens (primary N) is 1. The number of carbonyl (C=O) groups is 1. The van der Waals surface area contributed by atoms with E-state index in [4.69, 9.17) is 5.73 Å². The van der Waals surface area contributed by atoms with Gasteiger partial charge in [0.05, 0.1) is 12.2 Å². The van der Waals surface area contributed by atoms with Gasteiger partial charge in [-0.2, -0.15) is 0 Å². The molecule has 0 saturated carbocycles. The maximum atomic E-state index is 11.1. The van der Waals surface area contributed by atoms with Crippen LogP contribution >= 0.6 is 0 Å². The summed E-state index contributed by atoms with van der Waals surface area (Å²) in [5.41, 5.74) is 7.38. The van der Waals surface area contributed by atoms with Gasteiger partial charge < -0.3 is 10.7 Å². The van der Waals surface area contributed by atoms with Crippen LogP contribution < -0.4 is 5.73 Å². The molecule has 3 N–H and O–H groups in total. The highest BCUT2D eigenvalue weighted by Crippen LogP contribution is 2.18. The number of aromatic nitrogens is 2. The fourth-order valence-electron chi connectivity index (χ4n) is 1.52. The van der Waals surface area contributed by atoms with Crippen molar-refractivity contribution in [3.05, 3.63) is 17.2 Å². The molecule has 0 radical (unpaired) electrons. The maximum absolute atomic E-state index is 11.1. The van der Waals surface area contributed by atoms with Gasteiger partial charge >= 0.3 is 0 Å². The lowest BCUT2D eigenvalue weighted by Gasteiger charge is -1.90. The van der Waals surface area contributed by atoms with Crippen LogP contribution in [0.25, 0.3) is 0 Å². The van der Waals surface area contributed by atoms with Gasteiger partial charge in [-0.1, -0.05) is 0 Å². The minimum Gasteiger partial charge on any atom is -0.339 e. The molecule has 64 valence electrons. The number of fused-ring (bicyclic) bond motifs is 1. The third-order valence-electron chi connectivity index (χ3n) is 2.15. The van der Waals surface area contributed by atoms with E-state index in [1.807, 2.05) is 0 Å². The van der Waals surface area contributed by atoms with Gasteiger partial charge in [0, 0.05) is 5.69 Å². The molecule has 0 atom stereocenters. The molecule has 4 nitrogen and oxygen atoms in total. The number of ketones is 1. The van der Waals surface area contributed by atoms with Crippen LogP contribution in [-0.4, -0.2) is 22.3 Å². The molecule has 2 rings (SSSR count). The standard InChI is InChI=1S/C8H11N3O/c9-4-7(12)8-10-5-2-1-3-6(5)11-8/h1-4,9H2,(H,10,11). The van der Waals surface area contributed by atoms with Crippen LogP contribution in [0, 0.1) is 0 Å². The number of aromatic amines is 1. The van der Waals surface area contributed by atoms with Crippen LogP contribution in [0.4, 0.5) is 0 Å². The molecule has 0 aliphatic heterocycles. The number of H-pyrrole nitrogens is 1. The Bertz CT molecular complexity index is 295. The number of Topliss-reactive ketones (excluding diaryl/α,β-unsaturated/α-hetero) is 1. The number of imidazole rings is 1. The Morgan fingerprint density at radius 2 is 2.42 bits per heavy atom. The molecule has 0 fully saturated rings. The molecule has 1 aromatic heterocycles. The zero-order valence-electron chi connectivity index (χ0n) is 6.76. The molecule has 4 heteroatoms. The van der Waals surface area contributed by atoms with Gasteiger partial charge in [-0.15, -0.1) is 0 Å². The molecule has 0 amide bonds. The molecular formula is C8H11N3O. The third kappa shape index (κ3) is 1.04. The summed E-state index contributed by atoms with van der Waals surface area (Å²) in [6.45, 7) is 0.0341. The Kier molecular flexibility index (Phi) is 1.69. The normalized spacial score (nSPS) is 14.8. The second kappa shape index (κ2) is 2.71. The predicted octanol–water partition coefficient (Wildman–Crippen LogP) is 0.0398. The smallest absolute Gasteiger partial charge is 0.211 e. The fraction of sp³-hybridized carbons (Fsp3) is 0.500. The lowest BCUT2D eigenvalue weighted by atomic mass is 10.3. The minimum absolute atomic E-state index is 0.0341. The average molecular weight is 165 g/mol. The van der Waals surface area contributed by atoms with E-state index in [1.165, 1.54) is 0 Å². The topological polar surface area (TPSA) is 71.8 Å². The number of hydrogen-bond donors (Lipinski definition) is 2. The molecule has 1 aliphatic carbocycles. The summed E-state index contributed by atoms with van der Waals surface area (Å²) in [5, 5.41) is 0. The lowest BCUT2D eigenvalue weighted by molar-refractivity contribution is 0.0992. The largest absolute Gasteiger partial charge is 0.339 e. The molecule has 12 heavy (non-hydrogen) atoms. The van der Waals surface area contributed by atoms with E-state index in [-0.39, 0.29) is 12.3 Å². The lowest BCUT2D eigenvalue weighted by Crippen LogP contribution is -2.15. The summed E-state index contributed by atoms with van der Waals surface area (Å²) in [4.78, 5) is 18.3. The summed E-state index contributed by atoms with van der Waals surface area (Å²) < 4.78 is 0. The molecule has 0 unspecified atom stereocenters. The first-order chi connectivity index (χ1) is 5.81. The molecule has 0 saturated heterocycles. The molecule has 0 spiro atoms. The van der Waals surface area contributed by atoms with Crippen molar-refractivity contribution < 1.29 is 4.79 Å². The van der Waals surface area contributed by atoms with E-state index in [0.29, 0.717) is 5.82 Å². The quantitative estimate of drug-likeness (QED) is 0.608. The first kappa shape index (κ1) is 7.49. The van der Waals surface area contributed by atoms with Crippen LogP contribution in [0.5, 0.6) is 0 Å². The van der Waals surface area contributed by atoms with Crippen LogP contribution in [0.3, 0.4) is 0 Å². The van der Waals surface area contributed by atoms with Gasteiger partial charge in [0.1, 0.15) is 0 Å². The van der Waals surface area contributed by atoms with Crippen molar-refractivity contribution in [2.24, 2.45) is 5.73 Å². The second-order valence-corrected chi connectivity index (χ2v) is 2.99. The van der Waals surface area contributed by atoms with Crippen molar-refractivity contribution in [3.8, 4) is 0 Å². The highest BCUT2D eigenvalue weighted by atomic mass is 16.1.